The predicted octanol–water partition coefficient (Wildman–Crippen LogP) is 7.13. The number of benzene rings is 2. The highest BCUT2D eigenvalue weighted by Crippen LogP contribution is 2.61. The SMILES string of the molecule is CC(C)[C@H]1CC[C@H](C)C[C@H]1O[P@](=O)(c1ccc(N(C)C)cc1)[C@H](O)c1ccc(Cl)cc1Cl. The number of nitrogens with zero attached hydrogens (tertiary/aromatic N) is 1. The predicted molar refractivity (Wildman–Crippen MR) is 136 cm³/mol. The number of halogens is 2. The summed E-state index contributed by atoms with van der Waals surface area (Å²) in [5.41, 5.74) is 1.34. The summed E-state index contributed by atoms with van der Waals surface area (Å²) < 4.78 is 21.1. The monoisotopic (exact) mass is 497 g/mol. The van der Waals surface area contributed by atoms with Crippen molar-refractivity contribution in [2.75, 3.05) is 19.0 Å². The molecule has 1 aliphatic rings. The lowest BCUT2D eigenvalue weighted by Gasteiger charge is -2.40. The fourth-order valence-corrected chi connectivity index (χ4v) is 7.46. The second-order valence-corrected chi connectivity index (χ2v) is 12.8. The van der Waals surface area contributed by atoms with E-state index in [2.05, 4.69) is 20.8 Å². The molecule has 1 aliphatic carbocycles. The van der Waals surface area contributed by atoms with Crippen LogP contribution in [0.1, 0.15) is 51.4 Å². The number of hydrogen-bond donors (Lipinski definition) is 1. The Bertz CT molecular complexity index is 964. The fourth-order valence-electron chi connectivity index (χ4n) is 4.55. The molecule has 0 aromatic heterocycles. The van der Waals surface area contributed by atoms with Gasteiger partial charge in [0.15, 0.2) is 5.85 Å². The maximum atomic E-state index is 14.6. The van der Waals surface area contributed by atoms with Gasteiger partial charge in [0.05, 0.1) is 6.10 Å². The van der Waals surface area contributed by atoms with Crippen LogP contribution < -0.4 is 10.2 Å². The van der Waals surface area contributed by atoms with Crippen molar-refractivity contribution in [3.05, 3.63) is 58.1 Å². The van der Waals surface area contributed by atoms with Crippen LogP contribution in [0.15, 0.2) is 42.5 Å². The average Bonchev–Trinajstić information content (AvgIpc) is 2.73. The normalized spacial score (nSPS) is 24.2. The highest BCUT2D eigenvalue weighted by atomic mass is 35.5. The number of aliphatic hydroxyl groups is 1. The Labute approximate surface area is 202 Å². The lowest BCUT2D eigenvalue weighted by atomic mass is 9.75. The Hall–Kier alpha value is -1.03. The summed E-state index contributed by atoms with van der Waals surface area (Å²) >= 11 is 12.5. The number of rotatable bonds is 7. The Kier molecular flexibility index (Phi) is 8.39. The number of aliphatic hydroxyl groups excluding tert-OH is 1. The van der Waals surface area contributed by atoms with E-state index in [0.29, 0.717) is 27.7 Å². The Morgan fingerprint density at radius 1 is 1.09 bits per heavy atom. The van der Waals surface area contributed by atoms with E-state index in [0.717, 1.165) is 24.9 Å². The van der Waals surface area contributed by atoms with E-state index in [-0.39, 0.29) is 17.0 Å². The first-order valence-electron chi connectivity index (χ1n) is 11.2. The first-order valence-corrected chi connectivity index (χ1v) is 13.7. The van der Waals surface area contributed by atoms with Crippen molar-refractivity contribution < 1.29 is 14.2 Å². The Balaban J connectivity index is 2.06. The van der Waals surface area contributed by atoms with E-state index in [1.807, 2.05) is 31.1 Å². The van der Waals surface area contributed by atoms with Crippen LogP contribution in [-0.4, -0.2) is 25.3 Å². The molecule has 0 aliphatic heterocycles. The van der Waals surface area contributed by atoms with Crippen LogP contribution in [0.5, 0.6) is 0 Å². The van der Waals surface area contributed by atoms with E-state index in [1.54, 1.807) is 30.3 Å². The molecule has 4 nitrogen and oxygen atoms in total. The van der Waals surface area contributed by atoms with Gasteiger partial charge in [-0.2, -0.15) is 0 Å². The Morgan fingerprint density at radius 3 is 2.31 bits per heavy atom. The topological polar surface area (TPSA) is 49.8 Å². The molecular weight excluding hydrogens is 464 g/mol. The van der Waals surface area contributed by atoms with E-state index >= 15 is 0 Å². The van der Waals surface area contributed by atoms with Crippen molar-refractivity contribution in [1.29, 1.82) is 0 Å². The second-order valence-electron chi connectivity index (χ2n) is 9.52. The van der Waals surface area contributed by atoms with Gasteiger partial charge in [-0.05, 0) is 67.0 Å². The molecule has 1 saturated carbocycles. The zero-order chi connectivity index (χ0) is 23.6. The molecule has 2 aromatic carbocycles. The molecule has 32 heavy (non-hydrogen) atoms. The number of anilines is 1. The lowest BCUT2D eigenvalue weighted by molar-refractivity contribution is 0.0427. The molecular formula is C25H34Cl2NO3P. The smallest absolute Gasteiger partial charge is 0.264 e. The first-order chi connectivity index (χ1) is 15.0. The molecule has 0 unspecified atom stereocenters. The maximum absolute atomic E-state index is 14.6. The van der Waals surface area contributed by atoms with Gasteiger partial charge in [0, 0.05) is 40.7 Å². The van der Waals surface area contributed by atoms with Crippen LogP contribution in [0.25, 0.3) is 0 Å². The minimum absolute atomic E-state index is 0.196. The van der Waals surface area contributed by atoms with Gasteiger partial charge in [-0.25, -0.2) is 0 Å². The molecule has 0 saturated heterocycles. The second kappa shape index (κ2) is 10.5. The highest BCUT2D eigenvalue weighted by molar-refractivity contribution is 7.67. The van der Waals surface area contributed by atoms with Gasteiger partial charge in [-0.1, -0.05) is 56.5 Å². The molecule has 0 bridgehead atoms. The Morgan fingerprint density at radius 2 is 1.75 bits per heavy atom. The van der Waals surface area contributed by atoms with E-state index < -0.39 is 13.2 Å². The quantitative estimate of drug-likeness (QED) is 0.413. The van der Waals surface area contributed by atoms with Crippen LogP contribution in [0.4, 0.5) is 5.69 Å². The molecule has 0 heterocycles. The molecule has 3 rings (SSSR count). The largest absolute Gasteiger partial charge is 0.378 e. The van der Waals surface area contributed by atoms with Gasteiger partial charge < -0.3 is 14.5 Å². The zero-order valence-corrected chi connectivity index (χ0v) is 21.9. The first kappa shape index (κ1) is 25.6. The van der Waals surface area contributed by atoms with Crippen LogP contribution >= 0.6 is 30.6 Å². The summed E-state index contributed by atoms with van der Waals surface area (Å²) in [6, 6.07) is 12.2. The van der Waals surface area contributed by atoms with Crippen LogP contribution in [0.3, 0.4) is 0 Å². The third-order valence-electron chi connectivity index (χ3n) is 6.54. The van der Waals surface area contributed by atoms with Gasteiger partial charge in [-0.15, -0.1) is 0 Å². The molecule has 1 fully saturated rings. The van der Waals surface area contributed by atoms with Gasteiger partial charge in [0.25, 0.3) is 7.37 Å². The van der Waals surface area contributed by atoms with E-state index in [4.69, 9.17) is 27.7 Å². The third-order valence-corrected chi connectivity index (χ3v) is 9.63. The third kappa shape index (κ3) is 5.54. The lowest BCUT2D eigenvalue weighted by Crippen LogP contribution is -2.35. The minimum Gasteiger partial charge on any atom is -0.378 e. The molecule has 176 valence electrons. The summed E-state index contributed by atoms with van der Waals surface area (Å²) in [5.74, 6) is -0.222. The van der Waals surface area contributed by atoms with Crippen LogP contribution in [-0.2, 0) is 9.09 Å². The molecule has 7 heteroatoms. The van der Waals surface area contributed by atoms with E-state index in [9.17, 15) is 9.67 Å². The highest BCUT2D eigenvalue weighted by Gasteiger charge is 2.43. The molecule has 0 spiro atoms. The fraction of sp³-hybridized carbons (Fsp3) is 0.520. The average molecular weight is 498 g/mol. The molecule has 0 amide bonds. The van der Waals surface area contributed by atoms with Crippen molar-refractivity contribution >= 4 is 41.6 Å². The summed E-state index contributed by atoms with van der Waals surface area (Å²) in [7, 11) is 0.158. The van der Waals surface area contributed by atoms with E-state index in [1.165, 1.54) is 0 Å². The number of hydrogen-bond acceptors (Lipinski definition) is 4. The standard InChI is InChI=1S/C25H34Cl2NO3P/c1-16(2)21-12-6-17(3)14-24(21)31-32(30,20-10-8-19(9-11-20)28(4)5)25(29)22-13-7-18(26)15-23(22)27/h7-11,13,15-17,21,24-25,29H,6,12,14H2,1-5H3/t17-,21+,24+,25-,32+/m0/s1. The molecule has 2 aromatic rings. The maximum Gasteiger partial charge on any atom is 0.264 e. The summed E-state index contributed by atoms with van der Waals surface area (Å²) in [5, 5.41) is 12.7. The van der Waals surface area contributed by atoms with Gasteiger partial charge in [0.2, 0.25) is 0 Å². The van der Waals surface area contributed by atoms with Gasteiger partial charge in [-0.3, -0.25) is 4.57 Å². The summed E-state index contributed by atoms with van der Waals surface area (Å²) in [4.78, 5) is 1.97. The molecule has 0 radical (unpaired) electrons. The van der Waals surface area contributed by atoms with Crippen molar-refractivity contribution in [3.8, 4) is 0 Å². The van der Waals surface area contributed by atoms with Crippen molar-refractivity contribution in [3.63, 3.8) is 0 Å². The van der Waals surface area contributed by atoms with Crippen molar-refractivity contribution in [2.24, 2.45) is 17.8 Å². The molecule has 1 N–H and O–H groups in total. The summed E-state index contributed by atoms with van der Waals surface area (Å²) in [6.07, 6.45) is 2.79. The molecule has 5 atom stereocenters. The van der Waals surface area contributed by atoms with Crippen LogP contribution in [0.2, 0.25) is 10.0 Å². The van der Waals surface area contributed by atoms with Gasteiger partial charge >= 0.3 is 0 Å². The van der Waals surface area contributed by atoms with Crippen molar-refractivity contribution in [1.82, 2.24) is 0 Å². The zero-order valence-electron chi connectivity index (χ0n) is 19.5. The van der Waals surface area contributed by atoms with Gasteiger partial charge in [0.1, 0.15) is 0 Å². The summed E-state index contributed by atoms with van der Waals surface area (Å²) in [6.45, 7) is 6.57. The minimum atomic E-state index is -3.74. The van der Waals surface area contributed by atoms with Crippen molar-refractivity contribution in [2.45, 2.75) is 52.0 Å². The van der Waals surface area contributed by atoms with Crippen LogP contribution in [0, 0.1) is 17.8 Å².